The van der Waals surface area contributed by atoms with Crippen LogP contribution in [0.25, 0.3) is 5.70 Å². The summed E-state index contributed by atoms with van der Waals surface area (Å²) in [6.07, 6.45) is 0.846. The Morgan fingerprint density at radius 3 is 2.50 bits per heavy atom. The summed E-state index contributed by atoms with van der Waals surface area (Å²) >= 11 is 6.02. The van der Waals surface area contributed by atoms with Gasteiger partial charge < -0.3 is 20.1 Å². The van der Waals surface area contributed by atoms with Gasteiger partial charge in [0, 0.05) is 29.4 Å². The van der Waals surface area contributed by atoms with Crippen molar-refractivity contribution in [1.82, 2.24) is 4.90 Å². The van der Waals surface area contributed by atoms with Crippen LogP contribution in [-0.2, 0) is 13.2 Å². The summed E-state index contributed by atoms with van der Waals surface area (Å²) in [7, 11) is 1.59. The van der Waals surface area contributed by atoms with E-state index < -0.39 is 0 Å². The first-order valence-electron chi connectivity index (χ1n) is 10.4. The van der Waals surface area contributed by atoms with Crippen LogP contribution in [0.2, 0.25) is 5.02 Å². The molecule has 0 saturated heterocycles. The van der Waals surface area contributed by atoms with Crippen molar-refractivity contribution in [2.24, 2.45) is 5.73 Å². The average Bonchev–Trinajstić information content (AvgIpc) is 2.81. The minimum Gasteiger partial charge on any atom is -0.493 e. The molecule has 0 radical (unpaired) electrons. The van der Waals surface area contributed by atoms with E-state index in [1.165, 1.54) is 12.1 Å². The Morgan fingerprint density at radius 1 is 1.03 bits per heavy atom. The Bertz CT molecular complexity index is 1040. The number of rotatable bonds is 11. The van der Waals surface area contributed by atoms with Crippen LogP contribution < -0.4 is 15.2 Å². The van der Waals surface area contributed by atoms with E-state index in [2.05, 4.69) is 11.5 Å². The monoisotopic (exact) mass is 454 g/mol. The first-order valence-corrected chi connectivity index (χ1v) is 10.8. The molecule has 2 N–H and O–H groups in total. The van der Waals surface area contributed by atoms with Gasteiger partial charge in [0.25, 0.3) is 0 Å². The van der Waals surface area contributed by atoms with Crippen molar-refractivity contribution in [3.05, 3.63) is 101 Å². The number of benzene rings is 3. The van der Waals surface area contributed by atoms with E-state index in [9.17, 15) is 4.39 Å². The molecule has 0 atom stereocenters. The number of methoxy groups -OCH3 is 1. The lowest BCUT2D eigenvalue weighted by atomic mass is 10.1. The van der Waals surface area contributed by atoms with Gasteiger partial charge in [-0.2, -0.15) is 0 Å². The molecule has 3 rings (SSSR count). The van der Waals surface area contributed by atoms with Gasteiger partial charge in [-0.25, -0.2) is 4.39 Å². The first kappa shape index (κ1) is 23.6. The van der Waals surface area contributed by atoms with Crippen molar-refractivity contribution < 1.29 is 13.9 Å². The summed E-state index contributed by atoms with van der Waals surface area (Å²) in [6, 6.07) is 19.8. The van der Waals surface area contributed by atoms with Crippen molar-refractivity contribution in [1.29, 1.82) is 0 Å². The molecule has 0 unspecified atom stereocenters. The van der Waals surface area contributed by atoms with Crippen molar-refractivity contribution in [3.63, 3.8) is 0 Å². The Labute approximate surface area is 194 Å². The Balaban J connectivity index is 1.76. The molecule has 0 fully saturated rings. The topological polar surface area (TPSA) is 47.7 Å². The predicted molar refractivity (Wildman–Crippen MR) is 128 cm³/mol. The molecule has 32 heavy (non-hydrogen) atoms. The predicted octanol–water partition coefficient (Wildman–Crippen LogP) is 5.89. The lowest BCUT2D eigenvalue weighted by molar-refractivity contribution is 0.284. The molecular weight excluding hydrogens is 427 g/mol. The fraction of sp³-hybridized carbons (Fsp3) is 0.231. The van der Waals surface area contributed by atoms with Crippen molar-refractivity contribution in [3.8, 4) is 11.5 Å². The standard InChI is InChI=1S/C26H28ClFN2O2/c1-19(30(14-4-13-29)17-20-7-10-23(27)11-8-20)22-9-12-25(26(16-22)31-2)32-18-21-5-3-6-24(28)15-21/h3,5-12,15-16H,1,4,13-14,17-18,29H2,2H3. The van der Waals surface area contributed by atoms with Crippen LogP contribution in [0.1, 0.15) is 23.1 Å². The van der Waals surface area contributed by atoms with Crippen LogP contribution in [-0.4, -0.2) is 25.1 Å². The zero-order valence-corrected chi connectivity index (χ0v) is 18.9. The molecular formula is C26H28ClFN2O2. The van der Waals surface area contributed by atoms with Crippen LogP contribution >= 0.6 is 11.6 Å². The van der Waals surface area contributed by atoms with Gasteiger partial charge in [0.15, 0.2) is 11.5 Å². The van der Waals surface area contributed by atoms with E-state index >= 15 is 0 Å². The second-order valence-electron chi connectivity index (χ2n) is 7.42. The van der Waals surface area contributed by atoms with Crippen molar-refractivity contribution in [2.45, 2.75) is 19.6 Å². The number of nitrogens with zero attached hydrogens (tertiary/aromatic N) is 1. The third-order valence-corrected chi connectivity index (χ3v) is 5.33. The molecule has 0 aliphatic rings. The van der Waals surface area contributed by atoms with E-state index in [1.54, 1.807) is 13.2 Å². The number of hydrogen-bond donors (Lipinski definition) is 1. The summed E-state index contributed by atoms with van der Waals surface area (Å²) < 4.78 is 24.8. The summed E-state index contributed by atoms with van der Waals surface area (Å²) in [6.45, 7) is 6.63. The van der Waals surface area contributed by atoms with Crippen LogP contribution in [0.5, 0.6) is 11.5 Å². The largest absolute Gasteiger partial charge is 0.493 e. The molecule has 168 valence electrons. The molecule has 6 heteroatoms. The molecule has 0 heterocycles. The third kappa shape index (κ3) is 6.49. The van der Waals surface area contributed by atoms with E-state index in [1.807, 2.05) is 48.5 Å². The summed E-state index contributed by atoms with van der Waals surface area (Å²) in [5.41, 5.74) is 9.42. The summed E-state index contributed by atoms with van der Waals surface area (Å²) in [4.78, 5) is 2.19. The van der Waals surface area contributed by atoms with Crippen LogP contribution in [0.4, 0.5) is 4.39 Å². The van der Waals surface area contributed by atoms with Crippen molar-refractivity contribution in [2.75, 3.05) is 20.2 Å². The SMILES string of the molecule is C=C(c1ccc(OCc2cccc(F)c2)c(OC)c1)N(CCCN)Cc1ccc(Cl)cc1. The fourth-order valence-corrected chi connectivity index (χ4v) is 3.46. The van der Waals surface area contributed by atoms with E-state index in [-0.39, 0.29) is 12.4 Å². The van der Waals surface area contributed by atoms with Gasteiger partial charge in [-0.1, -0.05) is 42.4 Å². The maximum atomic E-state index is 13.4. The zero-order valence-electron chi connectivity index (χ0n) is 18.2. The van der Waals surface area contributed by atoms with Gasteiger partial charge in [-0.15, -0.1) is 0 Å². The highest BCUT2D eigenvalue weighted by Crippen LogP contribution is 2.32. The second-order valence-corrected chi connectivity index (χ2v) is 7.86. The van der Waals surface area contributed by atoms with Crippen molar-refractivity contribution >= 4 is 17.3 Å². The highest BCUT2D eigenvalue weighted by Gasteiger charge is 2.14. The first-order chi connectivity index (χ1) is 15.5. The molecule has 3 aromatic rings. The molecule has 3 aromatic carbocycles. The van der Waals surface area contributed by atoms with Crippen LogP contribution in [0.15, 0.2) is 73.3 Å². The van der Waals surface area contributed by atoms with Gasteiger partial charge in [-0.05, 0) is 66.6 Å². The van der Waals surface area contributed by atoms with Crippen LogP contribution in [0, 0.1) is 5.82 Å². The maximum absolute atomic E-state index is 13.4. The fourth-order valence-electron chi connectivity index (χ4n) is 3.34. The van der Waals surface area contributed by atoms with Gasteiger partial charge in [0.05, 0.1) is 7.11 Å². The van der Waals surface area contributed by atoms with Gasteiger partial charge in [-0.3, -0.25) is 0 Å². The van der Waals surface area contributed by atoms with E-state index in [0.29, 0.717) is 29.6 Å². The number of nitrogens with two attached hydrogens (primary N) is 1. The lowest BCUT2D eigenvalue weighted by Crippen LogP contribution is -2.24. The number of hydrogen-bond acceptors (Lipinski definition) is 4. The maximum Gasteiger partial charge on any atom is 0.161 e. The number of halogens is 2. The number of ether oxygens (including phenoxy) is 2. The minimum atomic E-state index is -0.289. The molecule has 0 aromatic heterocycles. The molecule has 0 amide bonds. The third-order valence-electron chi connectivity index (χ3n) is 5.08. The summed E-state index contributed by atoms with van der Waals surface area (Å²) in [5.74, 6) is 0.882. The second kappa shape index (κ2) is 11.6. The molecule has 4 nitrogen and oxygen atoms in total. The average molecular weight is 455 g/mol. The van der Waals surface area contributed by atoms with Crippen LogP contribution in [0.3, 0.4) is 0 Å². The smallest absolute Gasteiger partial charge is 0.161 e. The molecule has 0 aliphatic heterocycles. The van der Waals surface area contributed by atoms with E-state index in [4.69, 9.17) is 26.8 Å². The quantitative estimate of drug-likeness (QED) is 0.392. The highest BCUT2D eigenvalue weighted by atomic mass is 35.5. The molecule has 0 aliphatic carbocycles. The highest BCUT2D eigenvalue weighted by molar-refractivity contribution is 6.30. The Kier molecular flexibility index (Phi) is 8.54. The molecule has 0 spiro atoms. The Hall–Kier alpha value is -3.02. The van der Waals surface area contributed by atoms with Gasteiger partial charge in [0.2, 0.25) is 0 Å². The normalized spacial score (nSPS) is 10.6. The minimum absolute atomic E-state index is 0.244. The Morgan fingerprint density at radius 2 is 1.81 bits per heavy atom. The lowest BCUT2D eigenvalue weighted by Gasteiger charge is -2.27. The van der Waals surface area contributed by atoms with E-state index in [0.717, 1.165) is 35.4 Å². The van der Waals surface area contributed by atoms with Gasteiger partial charge in [0.1, 0.15) is 12.4 Å². The molecule has 0 bridgehead atoms. The zero-order chi connectivity index (χ0) is 22.9. The van der Waals surface area contributed by atoms with Gasteiger partial charge >= 0.3 is 0 Å². The summed E-state index contributed by atoms with van der Waals surface area (Å²) in [5, 5.41) is 0.708. The molecule has 0 saturated carbocycles.